The van der Waals surface area contributed by atoms with Gasteiger partial charge >= 0.3 is 0 Å². The molecule has 0 spiro atoms. The van der Waals surface area contributed by atoms with E-state index in [0.29, 0.717) is 11.7 Å². The van der Waals surface area contributed by atoms with Gasteiger partial charge in [0.25, 0.3) is 5.89 Å². The molecule has 0 aliphatic carbocycles. The Labute approximate surface area is 130 Å². The van der Waals surface area contributed by atoms with Crippen LogP contribution in [-0.4, -0.2) is 10.1 Å². The zero-order chi connectivity index (χ0) is 15.5. The van der Waals surface area contributed by atoms with E-state index in [2.05, 4.69) is 36.1 Å². The van der Waals surface area contributed by atoms with E-state index in [9.17, 15) is 0 Å². The van der Waals surface area contributed by atoms with Crippen LogP contribution in [0.3, 0.4) is 0 Å². The largest absolute Gasteiger partial charge is 0.334 e. The summed E-state index contributed by atoms with van der Waals surface area (Å²) in [6.07, 6.45) is 0. The van der Waals surface area contributed by atoms with Crippen LogP contribution in [0.5, 0.6) is 0 Å². The van der Waals surface area contributed by atoms with Crippen LogP contribution < -0.4 is 0 Å². The molecule has 0 aliphatic heterocycles. The van der Waals surface area contributed by atoms with Crippen molar-refractivity contribution < 1.29 is 4.52 Å². The van der Waals surface area contributed by atoms with Gasteiger partial charge in [-0.3, -0.25) is 0 Å². The summed E-state index contributed by atoms with van der Waals surface area (Å²) in [7, 11) is 0. The van der Waals surface area contributed by atoms with Crippen molar-refractivity contribution >= 4 is 5.57 Å². The summed E-state index contributed by atoms with van der Waals surface area (Å²) in [6.45, 7) is 6.16. The van der Waals surface area contributed by atoms with Crippen molar-refractivity contribution in [1.82, 2.24) is 10.1 Å². The van der Waals surface area contributed by atoms with E-state index in [1.165, 1.54) is 0 Å². The number of aromatic nitrogens is 2. The highest BCUT2D eigenvalue weighted by atomic mass is 16.5. The predicted octanol–water partition coefficient (Wildman–Crippen LogP) is 4.89. The standard InChI is InChI=1S/C19H18N2O/c1-13(2)17(15-10-5-4-6-11-15)19-20-18(21-22-19)16-12-8-7-9-14(16)3/h4-12H,1-3H3. The lowest BCUT2D eigenvalue weighted by molar-refractivity contribution is 0.408. The maximum atomic E-state index is 5.53. The van der Waals surface area contributed by atoms with Crippen LogP contribution in [0.15, 0.2) is 64.7 Å². The Bertz CT molecular complexity index is 812. The summed E-state index contributed by atoms with van der Waals surface area (Å²) >= 11 is 0. The number of hydrogen-bond acceptors (Lipinski definition) is 3. The second-order valence-electron chi connectivity index (χ2n) is 5.48. The van der Waals surface area contributed by atoms with Crippen molar-refractivity contribution in [3.05, 3.63) is 77.2 Å². The molecule has 1 heterocycles. The number of benzene rings is 2. The first-order valence-corrected chi connectivity index (χ1v) is 7.30. The maximum absolute atomic E-state index is 5.53. The molecule has 0 aliphatic rings. The van der Waals surface area contributed by atoms with E-state index < -0.39 is 0 Å². The molecule has 0 N–H and O–H groups in total. The Morgan fingerprint density at radius 3 is 2.27 bits per heavy atom. The molecule has 3 aromatic rings. The first kappa shape index (κ1) is 14.3. The van der Waals surface area contributed by atoms with Crippen LogP contribution in [0.25, 0.3) is 17.0 Å². The van der Waals surface area contributed by atoms with E-state index >= 15 is 0 Å². The van der Waals surface area contributed by atoms with Crippen molar-refractivity contribution in [2.75, 3.05) is 0 Å². The van der Waals surface area contributed by atoms with Gasteiger partial charge in [-0.15, -0.1) is 0 Å². The van der Waals surface area contributed by atoms with Crippen molar-refractivity contribution in [2.45, 2.75) is 20.8 Å². The molecule has 1 aromatic heterocycles. The third-order valence-corrected chi connectivity index (χ3v) is 3.59. The van der Waals surface area contributed by atoms with Gasteiger partial charge in [-0.1, -0.05) is 65.3 Å². The summed E-state index contributed by atoms with van der Waals surface area (Å²) in [5.41, 5.74) is 5.36. The molecule has 2 aromatic carbocycles. The normalized spacial score (nSPS) is 10.5. The molecule has 3 rings (SSSR count). The van der Waals surface area contributed by atoms with Crippen molar-refractivity contribution in [3.8, 4) is 11.4 Å². The van der Waals surface area contributed by atoms with Crippen LogP contribution >= 0.6 is 0 Å². The molecule has 0 bridgehead atoms. The summed E-state index contributed by atoms with van der Waals surface area (Å²) in [5.74, 6) is 1.19. The minimum atomic E-state index is 0.560. The predicted molar refractivity (Wildman–Crippen MR) is 88.3 cm³/mol. The third-order valence-electron chi connectivity index (χ3n) is 3.59. The summed E-state index contributed by atoms with van der Waals surface area (Å²) in [4.78, 5) is 4.60. The molecule has 22 heavy (non-hydrogen) atoms. The second kappa shape index (κ2) is 5.98. The fraction of sp³-hybridized carbons (Fsp3) is 0.158. The van der Waals surface area contributed by atoms with Gasteiger partial charge in [0.2, 0.25) is 5.82 Å². The van der Waals surface area contributed by atoms with E-state index in [1.54, 1.807) is 0 Å². The molecular formula is C19H18N2O. The van der Waals surface area contributed by atoms with E-state index in [0.717, 1.165) is 27.8 Å². The average molecular weight is 290 g/mol. The molecule has 0 saturated carbocycles. The second-order valence-corrected chi connectivity index (χ2v) is 5.48. The quantitative estimate of drug-likeness (QED) is 0.689. The Kier molecular flexibility index (Phi) is 3.88. The highest BCUT2D eigenvalue weighted by Crippen LogP contribution is 2.28. The monoisotopic (exact) mass is 290 g/mol. The van der Waals surface area contributed by atoms with Gasteiger partial charge in [0.1, 0.15) is 0 Å². The van der Waals surface area contributed by atoms with Crippen molar-refractivity contribution in [2.24, 2.45) is 0 Å². The van der Waals surface area contributed by atoms with Gasteiger partial charge in [0.15, 0.2) is 0 Å². The SMILES string of the molecule is CC(C)=C(c1ccccc1)c1nc(-c2ccccc2C)no1. The number of nitrogens with zero attached hydrogens (tertiary/aromatic N) is 2. The smallest absolute Gasteiger partial charge is 0.258 e. The van der Waals surface area contributed by atoms with E-state index in [4.69, 9.17) is 4.52 Å². The summed E-state index contributed by atoms with van der Waals surface area (Å²) in [6, 6.07) is 18.2. The first-order valence-electron chi connectivity index (χ1n) is 7.30. The van der Waals surface area contributed by atoms with Crippen LogP contribution in [0.1, 0.15) is 30.9 Å². The minimum Gasteiger partial charge on any atom is -0.334 e. The molecule has 0 saturated heterocycles. The number of aryl methyl sites for hydroxylation is 1. The fourth-order valence-electron chi connectivity index (χ4n) is 2.49. The number of allylic oxidation sites excluding steroid dienone is 1. The Balaban J connectivity index is 2.06. The molecule has 0 unspecified atom stereocenters. The van der Waals surface area contributed by atoms with Gasteiger partial charge in [-0.2, -0.15) is 4.98 Å². The average Bonchev–Trinajstić information content (AvgIpc) is 2.98. The fourth-order valence-corrected chi connectivity index (χ4v) is 2.49. The molecule has 3 heteroatoms. The maximum Gasteiger partial charge on any atom is 0.258 e. The molecule has 0 radical (unpaired) electrons. The zero-order valence-electron chi connectivity index (χ0n) is 13.0. The number of hydrogen-bond donors (Lipinski definition) is 0. The highest BCUT2D eigenvalue weighted by molar-refractivity contribution is 5.78. The molecule has 0 atom stereocenters. The van der Waals surface area contributed by atoms with Crippen LogP contribution in [0, 0.1) is 6.92 Å². The molecule has 3 nitrogen and oxygen atoms in total. The highest BCUT2D eigenvalue weighted by Gasteiger charge is 2.16. The Morgan fingerprint density at radius 2 is 1.59 bits per heavy atom. The van der Waals surface area contributed by atoms with Gasteiger partial charge in [0.05, 0.1) is 0 Å². The van der Waals surface area contributed by atoms with Crippen molar-refractivity contribution in [3.63, 3.8) is 0 Å². The van der Waals surface area contributed by atoms with E-state index in [-0.39, 0.29) is 0 Å². The topological polar surface area (TPSA) is 38.9 Å². The summed E-state index contributed by atoms with van der Waals surface area (Å²) in [5, 5.41) is 4.16. The van der Waals surface area contributed by atoms with Gasteiger partial charge < -0.3 is 4.52 Å². The van der Waals surface area contributed by atoms with Gasteiger partial charge in [0, 0.05) is 11.1 Å². The lowest BCUT2D eigenvalue weighted by Crippen LogP contribution is -1.91. The minimum absolute atomic E-state index is 0.560. The van der Waals surface area contributed by atoms with Crippen LogP contribution in [0.4, 0.5) is 0 Å². The summed E-state index contributed by atoms with van der Waals surface area (Å²) < 4.78 is 5.53. The van der Waals surface area contributed by atoms with Crippen molar-refractivity contribution in [1.29, 1.82) is 0 Å². The number of rotatable bonds is 3. The van der Waals surface area contributed by atoms with Gasteiger partial charge in [-0.25, -0.2) is 0 Å². The first-order chi connectivity index (χ1) is 10.7. The Morgan fingerprint density at radius 1 is 0.909 bits per heavy atom. The molecular weight excluding hydrogens is 272 g/mol. The zero-order valence-corrected chi connectivity index (χ0v) is 13.0. The molecule has 0 amide bonds. The van der Waals surface area contributed by atoms with Crippen LogP contribution in [0.2, 0.25) is 0 Å². The van der Waals surface area contributed by atoms with E-state index in [1.807, 2.05) is 49.4 Å². The third kappa shape index (κ3) is 2.70. The molecule has 110 valence electrons. The van der Waals surface area contributed by atoms with Crippen LogP contribution in [-0.2, 0) is 0 Å². The lowest BCUT2D eigenvalue weighted by atomic mass is 10.0. The lowest BCUT2D eigenvalue weighted by Gasteiger charge is -2.05. The molecule has 0 fully saturated rings. The van der Waals surface area contributed by atoms with Gasteiger partial charge in [-0.05, 0) is 31.9 Å². The Hall–Kier alpha value is -2.68.